The molecule has 2 aromatic carbocycles. The molecule has 2 aromatic rings. The van der Waals surface area contributed by atoms with Crippen LogP contribution in [0, 0.1) is 0 Å². The molecule has 31 heavy (non-hydrogen) atoms. The van der Waals surface area contributed by atoms with E-state index >= 15 is 0 Å². The minimum absolute atomic E-state index is 0. The number of aliphatic imine (C=N–C) groups is 1. The first kappa shape index (κ1) is 25.6. The number of nitrogens with zero attached hydrogens (tertiary/aromatic N) is 2. The lowest BCUT2D eigenvalue weighted by molar-refractivity contribution is 0.0372. The van der Waals surface area contributed by atoms with Crippen LogP contribution in [0.1, 0.15) is 36.3 Å². The fourth-order valence-corrected chi connectivity index (χ4v) is 3.94. The third-order valence-corrected chi connectivity index (χ3v) is 5.65. The quantitative estimate of drug-likeness (QED) is 0.208. The summed E-state index contributed by atoms with van der Waals surface area (Å²) in [5, 5.41) is 6.95. The molecule has 0 unspecified atom stereocenters. The van der Waals surface area contributed by atoms with E-state index in [2.05, 4.69) is 81.2 Å². The van der Waals surface area contributed by atoms with Gasteiger partial charge in [-0.3, -0.25) is 9.89 Å². The number of hydrogen-bond acceptors (Lipinski definition) is 3. The number of morpholine rings is 1. The molecule has 2 N–H and O–H groups in total. The number of nitrogens with one attached hydrogen (secondary N) is 2. The van der Waals surface area contributed by atoms with E-state index in [1.807, 2.05) is 7.05 Å². The molecule has 1 aliphatic heterocycles. The molecule has 0 aromatic heterocycles. The fourth-order valence-electron chi connectivity index (χ4n) is 3.94. The summed E-state index contributed by atoms with van der Waals surface area (Å²) in [4.78, 5) is 6.88. The molecule has 6 heteroatoms. The Morgan fingerprint density at radius 1 is 0.903 bits per heavy atom. The molecule has 0 amide bonds. The van der Waals surface area contributed by atoms with Gasteiger partial charge in [0.15, 0.2) is 5.96 Å². The van der Waals surface area contributed by atoms with Gasteiger partial charge in [-0.1, -0.05) is 60.7 Å². The Morgan fingerprint density at radius 2 is 1.48 bits per heavy atom. The Hall–Kier alpha value is -1.64. The van der Waals surface area contributed by atoms with Crippen LogP contribution in [0.4, 0.5) is 0 Å². The molecule has 170 valence electrons. The number of halogens is 1. The Kier molecular flexibility index (Phi) is 12.6. The van der Waals surface area contributed by atoms with Crippen molar-refractivity contribution in [3.8, 4) is 0 Å². The molecule has 1 aliphatic rings. The van der Waals surface area contributed by atoms with Gasteiger partial charge in [-0.05, 0) is 36.9 Å². The third-order valence-electron chi connectivity index (χ3n) is 5.65. The molecular weight excluding hydrogens is 499 g/mol. The first-order chi connectivity index (χ1) is 14.9. The maximum atomic E-state index is 5.41. The zero-order valence-corrected chi connectivity index (χ0v) is 21.0. The van der Waals surface area contributed by atoms with Crippen LogP contribution in [0.2, 0.25) is 0 Å². The second kappa shape index (κ2) is 15.2. The average molecular weight is 537 g/mol. The number of guanidine groups is 1. The lowest BCUT2D eigenvalue weighted by atomic mass is 9.88. The zero-order chi connectivity index (χ0) is 20.9. The van der Waals surface area contributed by atoms with Gasteiger partial charge in [-0.2, -0.15) is 0 Å². The predicted octanol–water partition coefficient (Wildman–Crippen LogP) is 4.10. The minimum Gasteiger partial charge on any atom is -0.379 e. The molecule has 1 fully saturated rings. The van der Waals surface area contributed by atoms with Crippen molar-refractivity contribution in [2.45, 2.75) is 25.2 Å². The van der Waals surface area contributed by atoms with Crippen molar-refractivity contribution in [1.82, 2.24) is 15.5 Å². The summed E-state index contributed by atoms with van der Waals surface area (Å²) in [5.41, 5.74) is 2.72. The van der Waals surface area contributed by atoms with Gasteiger partial charge in [0.1, 0.15) is 0 Å². The molecular formula is C25H37IN4O. The second-order valence-corrected chi connectivity index (χ2v) is 7.75. The van der Waals surface area contributed by atoms with Crippen LogP contribution in [0.15, 0.2) is 65.7 Å². The number of benzene rings is 2. The van der Waals surface area contributed by atoms with Gasteiger partial charge >= 0.3 is 0 Å². The van der Waals surface area contributed by atoms with E-state index in [1.165, 1.54) is 17.5 Å². The van der Waals surface area contributed by atoms with Gasteiger partial charge in [0.25, 0.3) is 0 Å². The Balaban J connectivity index is 0.00000341. The van der Waals surface area contributed by atoms with E-state index in [4.69, 9.17) is 4.74 Å². The van der Waals surface area contributed by atoms with Crippen LogP contribution in [-0.4, -0.2) is 63.8 Å². The summed E-state index contributed by atoms with van der Waals surface area (Å²) >= 11 is 0. The normalized spacial score (nSPS) is 14.8. The number of hydrogen-bond donors (Lipinski definition) is 2. The summed E-state index contributed by atoms with van der Waals surface area (Å²) in [6.45, 7) is 6.88. The number of unbranched alkanes of at least 4 members (excludes halogenated alkanes) is 1. The second-order valence-electron chi connectivity index (χ2n) is 7.75. The average Bonchev–Trinajstić information content (AvgIpc) is 2.82. The van der Waals surface area contributed by atoms with Gasteiger partial charge in [-0.25, -0.2) is 0 Å². The van der Waals surface area contributed by atoms with Crippen LogP contribution in [0.5, 0.6) is 0 Å². The van der Waals surface area contributed by atoms with E-state index in [1.54, 1.807) is 0 Å². The molecule has 0 radical (unpaired) electrons. The largest absolute Gasteiger partial charge is 0.379 e. The van der Waals surface area contributed by atoms with E-state index in [0.717, 1.165) is 64.7 Å². The molecule has 0 spiro atoms. The summed E-state index contributed by atoms with van der Waals surface area (Å²) in [7, 11) is 1.84. The van der Waals surface area contributed by atoms with E-state index < -0.39 is 0 Å². The number of rotatable bonds is 10. The highest BCUT2D eigenvalue weighted by molar-refractivity contribution is 14.0. The molecule has 1 saturated heterocycles. The summed E-state index contributed by atoms with van der Waals surface area (Å²) in [5.74, 6) is 1.27. The number of ether oxygens (including phenoxy) is 1. The van der Waals surface area contributed by atoms with Crippen molar-refractivity contribution in [3.05, 3.63) is 71.8 Å². The van der Waals surface area contributed by atoms with Gasteiger partial charge < -0.3 is 15.4 Å². The van der Waals surface area contributed by atoms with E-state index in [-0.39, 0.29) is 24.0 Å². The summed E-state index contributed by atoms with van der Waals surface area (Å²) in [6.07, 6.45) is 3.37. The molecule has 0 saturated carbocycles. The molecule has 0 bridgehead atoms. The minimum atomic E-state index is 0. The zero-order valence-electron chi connectivity index (χ0n) is 18.6. The predicted molar refractivity (Wildman–Crippen MR) is 141 cm³/mol. The topological polar surface area (TPSA) is 48.9 Å². The Labute approximate surface area is 204 Å². The van der Waals surface area contributed by atoms with Crippen molar-refractivity contribution in [3.63, 3.8) is 0 Å². The van der Waals surface area contributed by atoms with Crippen LogP contribution in [0.3, 0.4) is 0 Å². The lowest BCUT2D eigenvalue weighted by Gasteiger charge is -2.26. The molecule has 0 aliphatic carbocycles. The molecule has 1 heterocycles. The van der Waals surface area contributed by atoms with Crippen LogP contribution < -0.4 is 10.6 Å². The molecule has 0 atom stereocenters. The molecule has 3 rings (SSSR count). The SMILES string of the molecule is CN=C(NCCCCN1CCOCC1)NCCC(c1ccccc1)c1ccccc1.I. The van der Waals surface area contributed by atoms with Crippen molar-refractivity contribution in [2.75, 3.05) is 53.0 Å². The van der Waals surface area contributed by atoms with E-state index in [9.17, 15) is 0 Å². The first-order valence-corrected chi connectivity index (χ1v) is 11.2. The van der Waals surface area contributed by atoms with Crippen molar-refractivity contribution in [1.29, 1.82) is 0 Å². The fraction of sp³-hybridized carbons (Fsp3) is 0.480. The van der Waals surface area contributed by atoms with Gasteiger partial charge in [0.05, 0.1) is 13.2 Å². The van der Waals surface area contributed by atoms with Crippen LogP contribution >= 0.6 is 24.0 Å². The van der Waals surface area contributed by atoms with Gasteiger partial charge in [-0.15, -0.1) is 24.0 Å². The smallest absolute Gasteiger partial charge is 0.190 e. The Morgan fingerprint density at radius 3 is 2.06 bits per heavy atom. The highest BCUT2D eigenvalue weighted by Gasteiger charge is 2.14. The maximum Gasteiger partial charge on any atom is 0.190 e. The summed E-state index contributed by atoms with van der Waals surface area (Å²) < 4.78 is 5.41. The van der Waals surface area contributed by atoms with Crippen LogP contribution in [0.25, 0.3) is 0 Å². The molecule has 5 nitrogen and oxygen atoms in total. The van der Waals surface area contributed by atoms with Crippen molar-refractivity contribution < 1.29 is 4.74 Å². The standard InChI is InChI=1S/C25H36N4O.HI/c1-26-25(27-15-8-9-17-29-18-20-30-21-19-29)28-16-14-24(22-10-4-2-5-11-22)23-12-6-3-7-13-23;/h2-7,10-13,24H,8-9,14-21H2,1H3,(H2,26,27,28);1H. The van der Waals surface area contributed by atoms with Crippen molar-refractivity contribution >= 4 is 29.9 Å². The highest BCUT2D eigenvalue weighted by Crippen LogP contribution is 2.27. The maximum absolute atomic E-state index is 5.41. The van der Waals surface area contributed by atoms with E-state index in [0.29, 0.717) is 5.92 Å². The lowest BCUT2D eigenvalue weighted by Crippen LogP contribution is -2.39. The highest BCUT2D eigenvalue weighted by atomic mass is 127. The van der Waals surface area contributed by atoms with Gasteiger partial charge in [0, 0.05) is 39.1 Å². The van der Waals surface area contributed by atoms with Crippen molar-refractivity contribution in [2.24, 2.45) is 4.99 Å². The first-order valence-electron chi connectivity index (χ1n) is 11.2. The van der Waals surface area contributed by atoms with Gasteiger partial charge in [0.2, 0.25) is 0 Å². The summed E-state index contributed by atoms with van der Waals surface area (Å²) in [6, 6.07) is 21.5. The monoisotopic (exact) mass is 536 g/mol. The van der Waals surface area contributed by atoms with Crippen LogP contribution in [-0.2, 0) is 4.74 Å². The third kappa shape index (κ3) is 9.17. The Bertz CT molecular complexity index is 696.